The Bertz CT molecular complexity index is 1430. The largest absolute Gasteiger partial charge is 0.477 e. The Hall–Kier alpha value is -3.84. The van der Waals surface area contributed by atoms with Crippen molar-refractivity contribution in [2.45, 2.75) is 24.6 Å². The van der Waals surface area contributed by atoms with Gasteiger partial charge in [0.1, 0.15) is 17.2 Å². The number of aromatic nitrogens is 2. The molecule has 178 valence electrons. The number of anilines is 3. The molecule has 0 aliphatic carbocycles. The summed E-state index contributed by atoms with van der Waals surface area (Å²) in [6.07, 6.45) is 1.00. The fourth-order valence-electron chi connectivity index (χ4n) is 4.65. The average Bonchev–Trinajstić information content (AvgIpc) is 3.37. The first-order valence-electron chi connectivity index (χ1n) is 10.3. The van der Waals surface area contributed by atoms with Crippen LogP contribution in [-0.4, -0.2) is 52.0 Å². The van der Waals surface area contributed by atoms with Crippen LogP contribution in [-0.2, 0) is 4.74 Å². The molecular weight excluding hydrogens is 457 g/mol. The van der Waals surface area contributed by atoms with Crippen LogP contribution in [0.1, 0.15) is 16.8 Å². The summed E-state index contributed by atoms with van der Waals surface area (Å²) in [5.74, 6) is -5.10. The normalized spacial score (nSPS) is 21.9. The molecule has 1 aromatic carbocycles. The van der Waals surface area contributed by atoms with Gasteiger partial charge in [-0.15, -0.1) is 0 Å². The summed E-state index contributed by atoms with van der Waals surface area (Å²) in [6, 6.07) is 0.679. The van der Waals surface area contributed by atoms with Gasteiger partial charge >= 0.3 is 5.97 Å². The van der Waals surface area contributed by atoms with E-state index < -0.39 is 62.9 Å². The zero-order valence-electron chi connectivity index (χ0n) is 17.5. The minimum absolute atomic E-state index is 0.180. The van der Waals surface area contributed by atoms with Crippen molar-refractivity contribution in [1.82, 2.24) is 9.55 Å². The number of carboxylic acids is 1. The molecule has 3 unspecified atom stereocenters. The summed E-state index contributed by atoms with van der Waals surface area (Å²) >= 11 is 0. The van der Waals surface area contributed by atoms with Gasteiger partial charge in [-0.3, -0.25) is 9.36 Å². The number of halogens is 3. The molecule has 10 nitrogen and oxygen atoms in total. The minimum Gasteiger partial charge on any atom is -0.477 e. The first-order chi connectivity index (χ1) is 16.1. The van der Waals surface area contributed by atoms with Gasteiger partial charge in [0.15, 0.2) is 17.3 Å². The van der Waals surface area contributed by atoms with Gasteiger partial charge in [0.2, 0.25) is 5.43 Å². The number of nitrogens with zero attached hydrogens (tertiary/aromatic N) is 3. The van der Waals surface area contributed by atoms with Crippen LogP contribution in [0.4, 0.5) is 30.4 Å². The number of nitrogens with two attached hydrogens (primary N) is 3. The van der Waals surface area contributed by atoms with E-state index in [0.717, 1.165) is 16.8 Å². The molecule has 3 atom stereocenters. The molecule has 3 aromatic rings. The molecule has 7 N–H and O–H groups in total. The average molecular weight is 476 g/mol. The maximum Gasteiger partial charge on any atom is 0.341 e. The second-order valence-corrected chi connectivity index (χ2v) is 8.24. The summed E-state index contributed by atoms with van der Waals surface area (Å²) in [5.41, 5.74) is 13.9. The number of fused-ring (bicyclic) bond motifs is 2. The van der Waals surface area contributed by atoms with Crippen molar-refractivity contribution in [2.24, 2.45) is 5.73 Å². The molecule has 5 rings (SSSR count). The lowest BCUT2D eigenvalue weighted by Gasteiger charge is -2.25. The van der Waals surface area contributed by atoms with E-state index in [0.29, 0.717) is 19.1 Å². The number of nitrogen functional groups attached to an aromatic ring is 2. The van der Waals surface area contributed by atoms with Gasteiger partial charge in [-0.2, -0.15) is 0 Å². The molecule has 2 aliphatic rings. The maximum atomic E-state index is 15.5. The Morgan fingerprint density at radius 3 is 2.65 bits per heavy atom. The second kappa shape index (κ2) is 7.60. The van der Waals surface area contributed by atoms with Gasteiger partial charge in [-0.25, -0.2) is 22.9 Å². The lowest BCUT2D eigenvalue weighted by Crippen LogP contribution is -2.35. The minimum atomic E-state index is -1.66. The van der Waals surface area contributed by atoms with Gasteiger partial charge < -0.3 is 31.9 Å². The molecule has 2 aromatic heterocycles. The van der Waals surface area contributed by atoms with E-state index in [1.54, 1.807) is 4.90 Å². The van der Waals surface area contributed by atoms with Crippen molar-refractivity contribution in [1.29, 1.82) is 0 Å². The molecule has 0 radical (unpaired) electrons. The van der Waals surface area contributed by atoms with Crippen LogP contribution in [0.5, 0.6) is 0 Å². The Labute approximate surface area is 189 Å². The van der Waals surface area contributed by atoms with E-state index in [-0.39, 0.29) is 30.2 Å². The van der Waals surface area contributed by atoms with Crippen molar-refractivity contribution in [3.05, 3.63) is 51.6 Å². The van der Waals surface area contributed by atoms with Crippen LogP contribution < -0.4 is 27.5 Å². The van der Waals surface area contributed by atoms with Crippen LogP contribution in [0.25, 0.3) is 16.7 Å². The number of rotatable bonds is 3. The molecule has 0 spiro atoms. The molecular formula is C21H19F3N6O4. The molecule has 2 aliphatic heterocycles. The molecule has 2 saturated heterocycles. The smallest absolute Gasteiger partial charge is 0.341 e. The third-order valence-electron chi connectivity index (χ3n) is 6.26. The number of carboxylic acid groups (broad SMARTS) is 1. The highest BCUT2D eigenvalue weighted by Gasteiger charge is 2.46. The Balaban J connectivity index is 1.85. The molecule has 0 saturated carbocycles. The highest BCUT2D eigenvalue weighted by atomic mass is 19.1. The highest BCUT2D eigenvalue weighted by molar-refractivity contribution is 5.97. The SMILES string of the molecule is Nc1cc(-n2cc(C(=O)O)c(=O)c3c(N)c(F)c(N4CC(N)C5OCCC54)nc32)c(F)cc1F. The van der Waals surface area contributed by atoms with Crippen molar-refractivity contribution in [3.63, 3.8) is 0 Å². The molecule has 13 heteroatoms. The Morgan fingerprint density at radius 1 is 1.21 bits per heavy atom. The van der Waals surface area contributed by atoms with E-state index in [4.69, 9.17) is 21.9 Å². The molecule has 4 heterocycles. The summed E-state index contributed by atoms with van der Waals surface area (Å²) < 4.78 is 50.5. The van der Waals surface area contributed by atoms with E-state index in [1.165, 1.54) is 0 Å². The number of hydrogen-bond donors (Lipinski definition) is 4. The fourth-order valence-corrected chi connectivity index (χ4v) is 4.65. The van der Waals surface area contributed by atoms with Gasteiger partial charge in [0, 0.05) is 25.4 Å². The lowest BCUT2D eigenvalue weighted by molar-refractivity contribution is 0.0695. The lowest BCUT2D eigenvalue weighted by atomic mass is 10.1. The van der Waals surface area contributed by atoms with Crippen molar-refractivity contribution in [3.8, 4) is 5.69 Å². The molecule has 2 fully saturated rings. The molecule has 34 heavy (non-hydrogen) atoms. The number of ether oxygens (including phenoxy) is 1. The van der Waals surface area contributed by atoms with Crippen LogP contribution >= 0.6 is 0 Å². The van der Waals surface area contributed by atoms with Gasteiger partial charge in [0.25, 0.3) is 0 Å². The van der Waals surface area contributed by atoms with E-state index in [9.17, 15) is 23.5 Å². The van der Waals surface area contributed by atoms with Crippen LogP contribution in [0.2, 0.25) is 0 Å². The topological polar surface area (TPSA) is 163 Å². The van der Waals surface area contributed by atoms with Crippen LogP contribution in [0.3, 0.4) is 0 Å². The predicted octanol–water partition coefficient (Wildman–Crippen LogP) is 0.970. The zero-order chi connectivity index (χ0) is 24.5. The van der Waals surface area contributed by atoms with E-state index >= 15 is 4.39 Å². The van der Waals surface area contributed by atoms with Gasteiger partial charge in [-0.05, 0) is 12.5 Å². The molecule has 0 amide bonds. The summed E-state index contributed by atoms with van der Waals surface area (Å²) in [4.78, 5) is 30.4. The van der Waals surface area contributed by atoms with Crippen molar-refractivity contribution >= 4 is 34.2 Å². The van der Waals surface area contributed by atoms with Gasteiger partial charge in [0.05, 0.1) is 40.6 Å². The first kappa shape index (κ1) is 22.0. The monoisotopic (exact) mass is 476 g/mol. The number of pyridine rings is 2. The summed E-state index contributed by atoms with van der Waals surface area (Å²) in [6.45, 7) is 0.594. The maximum absolute atomic E-state index is 15.5. The summed E-state index contributed by atoms with van der Waals surface area (Å²) in [7, 11) is 0. The fraction of sp³-hybridized carbons (Fsp3) is 0.286. The number of aromatic carboxylic acids is 1. The first-order valence-corrected chi connectivity index (χ1v) is 10.3. The Kier molecular flexibility index (Phi) is 4.91. The van der Waals surface area contributed by atoms with Crippen molar-refractivity contribution in [2.75, 3.05) is 29.5 Å². The van der Waals surface area contributed by atoms with Crippen molar-refractivity contribution < 1.29 is 27.8 Å². The Morgan fingerprint density at radius 2 is 1.94 bits per heavy atom. The number of hydrogen-bond acceptors (Lipinski definition) is 8. The number of carbonyl (C=O) groups is 1. The third kappa shape index (κ3) is 3.08. The standard InChI is InChI=1S/C21H19F3N6O4/c22-8-3-9(23)13(4-10(8)25)29-5-7(21(32)33)17(31)14-16(27)15(24)20(28-19(14)29)30-6-11(26)18-12(30)1-2-34-18/h3-5,11-12,18H,1-2,6,25-26H2,(H2,27,28)(H,32,33). The summed E-state index contributed by atoms with van der Waals surface area (Å²) in [5, 5.41) is 8.94. The highest BCUT2D eigenvalue weighted by Crippen LogP contribution is 2.37. The zero-order valence-corrected chi connectivity index (χ0v) is 17.5. The van der Waals surface area contributed by atoms with Crippen LogP contribution in [0, 0.1) is 17.5 Å². The molecule has 0 bridgehead atoms. The number of benzene rings is 1. The van der Waals surface area contributed by atoms with Crippen LogP contribution in [0.15, 0.2) is 23.1 Å². The van der Waals surface area contributed by atoms with E-state index in [2.05, 4.69) is 4.98 Å². The quantitative estimate of drug-likeness (QED) is 0.404. The third-order valence-corrected chi connectivity index (χ3v) is 6.26. The second-order valence-electron chi connectivity index (χ2n) is 8.24. The van der Waals surface area contributed by atoms with E-state index in [1.807, 2.05) is 0 Å². The predicted molar refractivity (Wildman–Crippen MR) is 116 cm³/mol. The van der Waals surface area contributed by atoms with Gasteiger partial charge in [-0.1, -0.05) is 0 Å².